The molecule has 3 rings (SSSR count). The lowest BCUT2D eigenvalue weighted by Crippen LogP contribution is -2.45. The Morgan fingerprint density at radius 2 is 1.95 bits per heavy atom. The topological polar surface area (TPSA) is 32.3 Å². The van der Waals surface area contributed by atoms with Crippen molar-refractivity contribution >= 4 is 5.91 Å². The van der Waals surface area contributed by atoms with Gasteiger partial charge in [-0.2, -0.15) is 0 Å². The summed E-state index contributed by atoms with van der Waals surface area (Å²) in [6.45, 7) is 6.49. The average molecular weight is 278 g/mol. The zero-order valence-electron chi connectivity index (χ0n) is 13.0. The van der Waals surface area contributed by atoms with Gasteiger partial charge in [-0.3, -0.25) is 4.79 Å². The first-order valence-corrected chi connectivity index (χ1v) is 8.68. The summed E-state index contributed by atoms with van der Waals surface area (Å²) >= 11 is 0. The first-order valence-electron chi connectivity index (χ1n) is 8.68. The van der Waals surface area contributed by atoms with Gasteiger partial charge >= 0.3 is 0 Å². The number of carbonyl (C=O) groups is 1. The molecule has 1 N–H and O–H groups in total. The monoisotopic (exact) mass is 278 g/mol. The fourth-order valence-corrected chi connectivity index (χ4v) is 4.58. The molecule has 0 aromatic heterocycles. The van der Waals surface area contributed by atoms with Crippen molar-refractivity contribution in [3.05, 3.63) is 0 Å². The Kier molecular flexibility index (Phi) is 4.34. The van der Waals surface area contributed by atoms with Crippen LogP contribution in [0.25, 0.3) is 0 Å². The van der Waals surface area contributed by atoms with Gasteiger partial charge in [-0.25, -0.2) is 0 Å². The molecule has 3 aliphatic rings. The number of hydrogen-bond donors (Lipinski definition) is 1. The van der Waals surface area contributed by atoms with E-state index in [0.29, 0.717) is 11.3 Å². The lowest BCUT2D eigenvalue weighted by atomic mass is 9.77. The van der Waals surface area contributed by atoms with E-state index < -0.39 is 0 Å². The molecule has 114 valence electrons. The molecule has 1 aliphatic carbocycles. The third kappa shape index (κ3) is 3.03. The molecule has 0 aromatic rings. The highest BCUT2D eigenvalue weighted by atomic mass is 16.2. The van der Waals surface area contributed by atoms with Gasteiger partial charge in [-0.15, -0.1) is 0 Å². The van der Waals surface area contributed by atoms with Crippen LogP contribution in [0.1, 0.15) is 58.3 Å². The summed E-state index contributed by atoms with van der Waals surface area (Å²) in [5.74, 6) is 1.50. The van der Waals surface area contributed by atoms with Crippen LogP contribution in [0.5, 0.6) is 0 Å². The smallest absolute Gasteiger partial charge is 0.225 e. The second kappa shape index (κ2) is 6.05. The molecule has 20 heavy (non-hydrogen) atoms. The van der Waals surface area contributed by atoms with Crippen LogP contribution >= 0.6 is 0 Å². The number of hydrogen-bond acceptors (Lipinski definition) is 2. The number of likely N-dealkylation sites (tertiary alicyclic amines) is 1. The van der Waals surface area contributed by atoms with Crippen molar-refractivity contribution < 1.29 is 4.79 Å². The van der Waals surface area contributed by atoms with Crippen molar-refractivity contribution in [1.29, 1.82) is 0 Å². The van der Waals surface area contributed by atoms with Gasteiger partial charge in [0.15, 0.2) is 0 Å². The van der Waals surface area contributed by atoms with E-state index in [1.54, 1.807) is 0 Å². The molecule has 1 spiro atoms. The Morgan fingerprint density at radius 3 is 2.55 bits per heavy atom. The Hall–Kier alpha value is -0.570. The largest absolute Gasteiger partial charge is 0.342 e. The van der Waals surface area contributed by atoms with E-state index in [1.807, 2.05) is 0 Å². The van der Waals surface area contributed by atoms with Crippen LogP contribution in [-0.4, -0.2) is 37.0 Å². The quantitative estimate of drug-likeness (QED) is 0.861. The maximum absolute atomic E-state index is 12.6. The summed E-state index contributed by atoms with van der Waals surface area (Å²) in [5.41, 5.74) is 0.519. The van der Waals surface area contributed by atoms with Crippen LogP contribution in [0.15, 0.2) is 0 Å². The first-order chi connectivity index (χ1) is 9.69. The fourth-order valence-electron chi connectivity index (χ4n) is 4.58. The van der Waals surface area contributed by atoms with Crippen molar-refractivity contribution in [2.24, 2.45) is 17.3 Å². The minimum Gasteiger partial charge on any atom is -0.342 e. The minimum atomic E-state index is 0.244. The zero-order valence-corrected chi connectivity index (χ0v) is 13.0. The van der Waals surface area contributed by atoms with Gasteiger partial charge in [0.2, 0.25) is 5.91 Å². The van der Waals surface area contributed by atoms with E-state index in [0.717, 1.165) is 25.4 Å². The maximum Gasteiger partial charge on any atom is 0.225 e. The number of nitrogens with one attached hydrogen (secondary N) is 1. The Labute approximate surface area is 123 Å². The van der Waals surface area contributed by atoms with Crippen molar-refractivity contribution in [2.45, 2.75) is 58.3 Å². The van der Waals surface area contributed by atoms with Crippen LogP contribution in [0.3, 0.4) is 0 Å². The van der Waals surface area contributed by atoms with E-state index in [4.69, 9.17) is 0 Å². The zero-order chi connectivity index (χ0) is 14.0. The normalized spacial score (nSPS) is 28.1. The molecule has 2 aliphatic heterocycles. The fraction of sp³-hybridized carbons (Fsp3) is 0.941. The van der Waals surface area contributed by atoms with Crippen molar-refractivity contribution in [2.75, 3.05) is 26.2 Å². The third-order valence-electron chi connectivity index (χ3n) is 6.05. The van der Waals surface area contributed by atoms with Crippen LogP contribution in [-0.2, 0) is 4.79 Å². The van der Waals surface area contributed by atoms with Gasteiger partial charge in [0.05, 0.1) is 0 Å². The third-order valence-corrected chi connectivity index (χ3v) is 6.05. The molecule has 3 heteroatoms. The molecule has 3 fully saturated rings. The van der Waals surface area contributed by atoms with E-state index in [-0.39, 0.29) is 5.92 Å². The summed E-state index contributed by atoms with van der Waals surface area (Å²) in [5, 5.41) is 3.49. The van der Waals surface area contributed by atoms with Crippen LogP contribution in [0.4, 0.5) is 0 Å². The Bertz CT molecular complexity index is 333. The van der Waals surface area contributed by atoms with E-state index in [9.17, 15) is 4.79 Å². The SMILES string of the molecule is CC(CC1CCCC1)C(=O)N1CCC2(CCNC2)CC1. The predicted octanol–water partition coefficient (Wildman–Crippen LogP) is 2.80. The average Bonchev–Trinajstić information content (AvgIpc) is 3.11. The second-order valence-corrected chi connectivity index (χ2v) is 7.54. The standard InChI is InChI=1S/C17H30N2O/c1-14(12-15-4-2-3-5-15)16(20)19-10-7-17(8-11-19)6-9-18-13-17/h14-15,18H,2-13H2,1H3. The predicted molar refractivity (Wildman–Crippen MR) is 81.5 cm³/mol. The summed E-state index contributed by atoms with van der Waals surface area (Å²) in [6, 6.07) is 0. The summed E-state index contributed by atoms with van der Waals surface area (Å²) in [7, 11) is 0. The highest BCUT2D eigenvalue weighted by Crippen LogP contribution is 2.37. The molecule has 1 atom stereocenters. The van der Waals surface area contributed by atoms with E-state index >= 15 is 0 Å². The number of carbonyl (C=O) groups excluding carboxylic acids is 1. The molecular weight excluding hydrogens is 248 g/mol. The number of piperidine rings is 1. The Balaban J connectivity index is 1.48. The van der Waals surface area contributed by atoms with Gasteiger partial charge in [-0.05, 0) is 43.6 Å². The highest BCUT2D eigenvalue weighted by molar-refractivity contribution is 5.78. The lowest BCUT2D eigenvalue weighted by molar-refractivity contribution is -0.137. The van der Waals surface area contributed by atoms with Crippen LogP contribution < -0.4 is 5.32 Å². The molecule has 1 amide bonds. The van der Waals surface area contributed by atoms with Gasteiger partial charge in [0.25, 0.3) is 0 Å². The van der Waals surface area contributed by atoms with Gasteiger partial charge < -0.3 is 10.2 Å². The van der Waals surface area contributed by atoms with Gasteiger partial charge in [0.1, 0.15) is 0 Å². The van der Waals surface area contributed by atoms with Crippen molar-refractivity contribution in [3.63, 3.8) is 0 Å². The molecule has 3 nitrogen and oxygen atoms in total. The van der Waals surface area contributed by atoms with Crippen LogP contribution in [0, 0.1) is 17.3 Å². The van der Waals surface area contributed by atoms with Crippen molar-refractivity contribution in [3.8, 4) is 0 Å². The Morgan fingerprint density at radius 1 is 1.25 bits per heavy atom. The molecule has 0 bridgehead atoms. The maximum atomic E-state index is 12.6. The van der Waals surface area contributed by atoms with Crippen LogP contribution in [0.2, 0.25) is 0 Å². The van der Waals surface area contributed by atoms with E-state index in [1.165, 1.54) is 58.0 Å². The summed E-state index contributed by atoms with van der Waals surface area (Å²) in [6.07, 6.45) is 10.3. The van der Waals surface area contributed by atoms with Gasteiger partial charge in [-0.1, -0.05) is 32.6 Å². The molecule has 0 aromatic carbocycles. The minimum absolute atomic E-state index is 0.244. The number of nitrogens with zero attached hydrogens (tertiary/aromatic N) is 1. The lowest BCUT2D eigenvalue weighted by Gasteiger charge is -2.40. The number of rotatable bonds is 3. The van der Waals surface area contributed by atoms with E-state index in [2.05, 4.69) is 17.1 Å². The molecular formula is C17H30N2O. The molecule has 2 saturated heterocycles. The molecule has 0 radical (unpaired) electrons. The molecule has 2 heterocycles. The molecule has 1 unspecified atom stereocenters. The molecule has 1 saturated carbocycles. The number of amides is 1. The second-order valence-electron chi connectivity index (χ2n) is 7.54. The summed E-state index contributed by atoms with van der Waals surface area (Å²) in [4.78, 5) is 14.8. The first kappa shape index (κ1) is 14.4. The van der Waals surface area contributed by atoms with Gasteiger partial charge in [0, 0.05) is 25.6 Å². The summed E-state index contributed by atoms with van der Waals surface area (Å²) < 4.78 is 0. The van der Waals surface area contributed by atoms with Crippen molar-refractivity contribution in [1.82, 2.24) is 10.2 Å². The highest BCUT2D eigenvalue weighted by Gasteiger charge is 2.38.